The fourth-order valence-electron chi connectivity index (χ4n) is 2.77. The van der Waals surface area contributed by atoms with Gasteiger partial charge in [0.05, 0.1) is 22.8 Å². The molecule has 4 aromatic rings. The van der Waals surface area contributed by atoms with Crippen LogP contribution in [0.5, 0.6) is 0 Å². The molecule has 0 atom stereocenters. The van der Waals surface area contributed by atoms with E-state index in [0.29, 0.717) is 22.6 Å². The van der Waals surface area contributed by atoms with E-state index in [0.717, 1.165) is 16.8 Å². The molecule has 0 aliphatic carbocycles. The molecule has 0 aliphatic heterocycles. The first kappa shape index (κ1) is 16.8. The van der Waals surface area contributed by atoms with Crippen molar-refractivity contribution in [1.29, 1.82) is 0 Å². The van der Waals surface area contributed by atoms with Gasteiger partial charge in [-0.25, -0.2) is 19.5 Å². The largest absolute Gasteiger partial charge is 0.433 e. The van der Waals surface area contributed by atoms with Crippen molar-refractivity contribution in [3.05, 3.63) is 36.4 Å². The van der Waals surface area contributed by atoms with Crippen LogP contribution in [0.2, 0.25) is 0 Å². The summed E-state index contributed by atoms with van der Waals surface area (Å²) in [6.45, 7) is 2.00. The minimum atomic E-state index is -4.51. The van der Waals surface area contributed by atoms with Crippen molar-refractivity contribution in [2.24, 2.45) is 7.05 Å². The van der Waals surface area contributed by atoms with E-state index in [2.05, 4.69) is 20.1 Å². The number of alkyl halides is 3. The number of fused-ring (bicyclic) bond motifs is 2. The number of nitrogens with zero attached hydrogens (tertiary/aromatic N) is 6. The van der Waals surface area contributed by atoms with E-state index in [9.17, 15) is 13.2 Å². The Morgan fingerprint density at radius 3 is 2.77 bits per heavy atom. The van der Waals surface area contributed by atoms with Crippen LogP contribution < -0.4 is 0 Å². The summed E-state index contributed by atoms with van der Waals surface area (Å²) >= 11 is 1.53. The third kappa shape index (κ3) is 2.61. The van der Waals surface area contributed by atoms with Gasteiger partial charge in [-0.15, -0.1) is 11.8 Å². The number of pyridine rings is 1. The normalized spacial score (nSPS) is 12.3. The number of thioether (sulfide) groups is 1. The Hall–Kier alpha value is -2.62. The molecule has 0 amide bonds. The van der Waals surface area contributed by atoms with Gasteiger partial charge < -0.3 is 4.57 Å². The van der Waals surface area contributed by atoms with Crippen molar-refractivity contribution < 1.29 is 13.2 Å². The van der Waals surface area contributed by atoms with Crippen molar-refractivity contribution in [3.8, 4) is 11.4 Å². The summed E-state index contributed by atoms with van der Waals surface area (Å²) in [5.41, 5.74) is 1.08. The first-order chi connectivity index (χ1) is 12.4. The zero-order chi connectivity index (χ0) is 18.5. The van der Waals surface area contributed by atoms with Crippen molar-refractivity contribution in [2.45, 2.75) is 18.1 Å². The molecule has 134 valence electrons. The van der Waals surface area contributed by atoms with Crippen LogP contribution in [-0.2, 0) is 13.2 Å². The topological polar surface area (TPSA) is 60.9 Å². The number of halogens is 3. The lowest BCUT2D eigenvalue weighted by molar-refractivity contribution is -0.141. The molecule has 0 unspecified atom stereocenters. The first-order valence-corrected chi connectivity index (χ1v) is 8.75. The Labute approximate surface area is 150 Å². The lowest BCUT2D eigenvalue weighted by Gasteiger charge is -2.05. The van der Waals surface area contributed by atoms with Crippen LogP contribution in [0.4, 0.5) is 13.2 Å². The summed E-state index contributed by atoms with van der Waals surface area (Å²) in [6, 6.07) is 2.73. The van der Waals surface area contributed by atoms with Crippen molar-refractivity contribution in [1.82, 2.24) is 29.1 Å². The zero-order valence-corrected chi connectivity index (χ0v) is 14.6. The highest BCUT2D eigenvalue weighted by Gasteiger charge is 2.33. The highest BCUT2D eigenvalue weighted by Crippen LogP contribution is 2.35. The van der Waals surface area contributed by atoms with Gasteiger partial charge in [0.25, 0.3) is 0 Å². The van der Waals surface area contributed by atoms with E-state index in [1.54, 1.807) is 34.6 Å². The van der Waals surface area contributed by atoms with Crippen LogP contribution >= 0.6 is 11.8 Å². The van der Waals surface area contributed by atoms with Crippen LogP contribution in [0.15, 0.2) is 35.7 Å². The lowest BCUT2D eigenvalue weighted by atomic mass is 10.3. The Balaban J connectivity index is 1.99. The number of hydrogen-bond acceptors (Lipinski definition) is 5. The SMILES string of the molecule is CCSc1nn2cccnc2c1-c1nc2cc(C(F)(F)F)ncc2n1C. The second kappa shape index (κ2) is 5.97. The molecule has 0 radical (unpaired) electrons. The number of rotatable bonds is 3. The maximum absolute atomic E-state index is 12.9. The number of imidazole rings is 1. The number of hydrogen-bond donors (Lipinski definition) is 0. The van der Waals surface area contributed by atoms with Gasteiger partial charge in [0.2, 0.25) is 0 Å². The fraction of sp³-hybridized carbons (Fsp3) is 0.250. The lowest BCUT2D eigenvalue weighted by Crippen LogP contribution is -2.07. The summed E-state index contributed by atoms with van der Waals surface area (Å²) in [7, 11) is 1.74. The standard InChI is InChI=1S/C16H13F3N6S/c1-3-26-15-12(13-20-5-4-6-25(13)23-15)14-22-9-7-11(16(17,18)19)21-8-10(9)24(14)2/h4-8H,3H2,1-2H3. The summed E-state index contributed by atoms with van der Waals surface area (Å²) in [5, 5.41) is 5.25. The minimum absolute atomic E-state index is 0.229. The highest BCUT2D eigenvalue weighted by atomic mass is 32.2. The summed E-state index contributed by atoms with van der Waals surface area (Å²) in [4.78, 5) is 12.3. The molecular weight excluding hydrogens is 365 g/mol. The van der Waals surface area contributed by atoms with E-state index in [-0.39, 0.29) is 5.52 Å². The van der Waals surface area contributed by atoms with Gasteiger partial charge >= 0.3 is 6.18 Å². The Morgan fingerprint density at radius 1 is 1.23 bits per heavy atom. The molecule has 0 fully saturated rings. The molecule has 0 saturated carbocycles. The molecule has 10 heteroatoms. The average molecular weight is 378 g/mol. The number of aryl methyl sites for hydroxylation is 1. The van der Waals surface area contributed by atoms with Crippen LogP contribution in [0.25, 0.3) is 28.1 Å². The second-order valence-electron chi connectivity index (χ2n) is 5.55. The maximum atomic E-state index is 12.9. The van der Waals surface area contributed by atoms with Crippen LogP contribution in [0, 0.1) is 0 Å². The van der Waals surface area contributed by atoms with Gasteiger partial charge in [0.1, 0.15) is 16.5 Å². The fourth-order valence-corrected chi connectivity index (χ4v) is 3.51. The zero-order valence-electron chi connectivity index (χ0n) is 13.8. The van der Waals surface area contributed by atoms with E-state index in [1.807, 2.05) is 6.92 Å². The molecule has 4 rings (SSSR count). The Morgan fingerprint density at radius 2 is 2.04 bits per heavy atom. The molecule has 0 saturated heterocycles. The predicted octanol–water partition coefficient (Wildman–Crippen LogP) is 3.81. The molecule has 0 bridgehead atoms. The maximum Gasteiger partial charge on any atom is 0.433 e. The molecule has 6 nitrogen and oxygen atoms in total. The molecule has 0 spiro atoms. The molecule has 0 aliphatic rings. The van der Waals surface area contributed by atoms with Gasteiger partial charge in [0, 0.05) is 19.4 Å². The van der Waals surface area contributed by atoms with E-state index >= 15 is 0 Å². The quantitative estimate of drug-likeness (QED) is 0.508. The first-order valence-electron chi connectivity index (χ1n) is 7.76. The van der Waals surface area contributed by atoms with Crippen LogP contribution in [-0.4, -0.2) is 34.9 Å². The number of aromatic nitrogens is 6. The van der Waals surface area contributed by atoms with Crippen molar-refractivity contribution in [3.63, 3.8) is 0 Å². The Kier molecular flexibility index (Phi) is 3.87. The van der Waals surface area contributed by atoms with Crippen molar-refractivity contribution in [2.75, 3.05) is 5.75 Å². The molecule has 0 N–H and O–H groups in total. The molecule has 4 heterocycles. The third-order valence-electron chi connectivity index (χ3n) is 3.93. The summed E-state index contributed by atoms with van der Waals surface area (Å²) < 4.78 is 42.2. The molecule has 26 heavy (non-hydrogen) atoms. The van der Waals surface area contributed by atoms with Crippen molar-refractivity contribution >= 4 is 28.4 Å². The summed E-state index contributed by atoms with van der Waals surface area (Å²) in [5.74, 6) is 1.30. The van der Waals surface area contributed by atoms with Gasteiger partial charge in [0.15, 0.2) is 5.65 Å². The monoisotopic (exact) mass is 378 g/mol. The molecule has 0 aromatic carbocycles. The van der Waals surface area contributed by atoms with Crippen LogP contribution in [0.1, 0.15) is 12.6 Å². The van der Waals surface area contributed by atoms with E-state index < -0.39 is 11.9 Å². The molecular formula is C16H13F3N6S. The Bertz CT molecular complexity index is 1110. The van der Waals surface area contributed by atoms with Gasteiger partial charge in [-0.05, 0) is 17.9 Å². The van der Waals surface area contributed by atoms with E-state index in [4.69, 9.17) is 0 Å². The minimum Gasteiger partial charge on any atom is -0.326 e. The molecule has 4 aromatic heterocycles. The van der Waals surface area contributed by atoms with Gasteiger partial charge in [-0.3, -0.25) is 0 Å². The van der Waals surface area contributed by atoms with Crippen LogP contribution in [0.3, 0.4) is 0 Å². The third-order valence-corrected chi connectivity index (χ3v) is 4.77. The smallest absolute Gasteiger partial charge is 0.326 e. The van der Waals surface area contributed by atoms with Gasteiger partial charge in [-0.1, -0.05) is 6.92 Å². The predicted molar refractivity (Wildman–Crippen MR) is 91.9 cm³/mol. The van der Waals surface area contributed by atoms with Gasteiger partial charge in [-0.2, -0.15) is 18.3 Å². The average Bonchev–Trinajstić information content (AvgIpc) is 3.11. The second-order valence-corrected chi connectivity index (χ2v) is 6.80. The summed E-state index contributed by atoms with van der Waals surface area (Å²) in [6.07, 6.45) is 0.103. The highest BCUT2D eigenvalue weighted by molar-refractivity contribution is 7.99. The van der Waals surface area contributed by atoms with E-state index in [1.165, 1.54) is 18.0 Å².